The highest BCUT2D eigenvalue weighted by Crippen LogP contribution is 2.24. The summed E-state index contributed by atoms with van der Waals surface area (Å²) in [4.78, 5) is 0. The van der Waals surface area contributed by atoms with Gasteiger partial charge in [0, 0.05) is 0 Å². The van der Waals surface area contributed by atoms with Gasteiger partial charge in [-0.05, 0) is 19.3 Å². The first-order chi connectivity index (χ1) is 9.14. The molecule has 0 bridgehead atoms. The van der Waals surface area contributed by atoms with Crippen molar-refractivity contribution in [2.75, 3.05) is 39.6 Å². The van der Waals surface area contributed by atoms with E-state index in [-0.39, 0.29) is 12.7 Å². The van der Waals surface area contributed by atoms with Crippen molar-refractivity contribution in [3.63, 3.8) is 0 Å². The third-order valence-electron chi connectivity index (χ3n) is 3.35. The molecule has 116 valence electrons. The van der Waals surface area contributed by atoms with Crippen LogP contribution in [0.2, 0.25) is 0 Å². The molecule has 0 aromatic rings. The van der Waals surface area contributed by atoms with E-state index >= 15 is 0 Å². The molecule has 0 saturated carbocycles. The van der Waals surface area contributed by atoms with Crippen molar-refractivity contribution >= 4 is 0 Å². The van der Waals surface area contributed by atoms with Gasteiger partial charge in [0.05, 0.1) is 51.3 Å². The molecular formula is C14H30O5. The molecule has 0 aliphatic rings. The lowest BCUT2D eigenvalue weighted by Gasteiger charge is -2.34. The maximum atomic E-state index is 10.4. The van der Waals surface area contributed by atoms with Crippen molar-refractivity contribution in [3.05, 3.63) is 0 Å². The molecule has 0 radical (unpaired) electrons. The second kappa shape index (κ2) is 11.6. The van der Waals surface area contributed by atoms with Crippen LogP contribution >= 0.6 is 0 Å². The molecule has 0 fully saturated rings. The van der Waals surface area contributed by atoms with E-state index in [1.165, 1.54) is 0 Å². The summed E-state index contributed by atoms with van der Waals surface area (Å²) in [5.74, 6) is 0. The average molecular weight is 278 g/mol. The zero-order chi connectivity index (χ0) is 14.6. The van der Waals surface area contributed by atoms with Crippen LogP contribution in [0.3, 0.4) is 0 Å². The Kier molecular flexibility index (Phi) is 11.5. The molecule has 0 rings (SSSR count). The molecule has 1 unspecified atom stereocenters. The lowest BCUT2D eigenvalue weighted by atomic mass is 9.89. The minimum Gasteiger partial charge on any atom is -0.394 e. The standard InChI is InChI=1S/C14H30O5/c1-4-13(14(16,5-2)6-3)19-12-11-18-10-9-17-8-7-15/h13,15-16H,4-12H2,1-3H3. The number of aliphatic hydroxyl groups is 2. The molecule has 0 amide bonds. The van der Waals surface area contributed by atoms with Gasteiger partial charge >= 0.3 is 0 Å². The molecule has 1 atom stereocenters. The lowest BCUT2D eigenvalue weighted by molar-refractivity contribution is -0.123. The first-order valence-electron chi connectivity index (χ1n) is 7.24. The van der Waals surface area contributed by atoms with Gasteiger partial charge in [0.1, 0.15) is 0 Å². The summed E-state index contributed by atoms with van der Waals surface area (Å²) < 4.78 is 16.1. The zero-order valence-corrected chi connectivity index (χ0v) is 12.6. The molecule has 0 aliphatic carbocycles. The molecule has 0 aromatic carbocycles. The highest BCUT2D eigenvalue weighted by Gasteiger charge is 2.32. The van der Waals surface area contributed by atoms with Crippen molar-refractivity contribution < 1.29 is 24.4 Å². The number of rotatable bonds is 13. The van der Waals surface area contributed by atoms with Crippen LogP contribution in [0.4, 0.5) is 0 Å². The Labute approximate surface area is 116 Å². The summed E-state index contributed by atoms with van der Waals surface area (Å²) in [5, 5.41) is 18.9. The Morgan fingerprint density at radius 2 is 1.42 bits per heavy atom. The van der Waals surface area contributed by atoms with Gasteiger partial charge in [-0.3, -0.25) is 0 Å². The summed E-state index contributed by atoms with van der Waals surface area (Å²) in [6.07, 6.45) is 2.03. The summed E-state index contributed by atoms with van der Waals surface area (Å²) >= 11 is 0. The van der Waals surface area contributed by atoms with Crippen LogP contribution in [0.5, 0.6) is 0 Å². The number of hydrogen-bond donors (Lipinski definition) is 2. The smallest absolute Gasteiger partial charge is 0.0902 e. The molecule has 0 aromatic heterocycles. The number of hydrogen-bond acceptors (Lipinski definition) is 5. The van der Waals surface area contributed by atoms with Crippen molar-refractivity contribution in [1.82, 2.24) is 0 Å². The molecule has 0 aliphatic heterocycles. The Morgan fingerprint density at radius 3 is 1.89 bits per heavy atom. The van der Waals surface area contributed by atoms with Gasteiger partial charge in [0.2, 0.25) is 0 Å². The fourth-order valence-corrected chi connectivity index (χ4v) is 1.99. The van der Waals surface area contributed by atoms with E-state index < -0.39 is 5.60 Å². The molecule has 19 heavy (non-hydrogen) atoms. The SMILES string of the molecule is CCC(OCCOCCOCCO)C(O)(CC)CC. The van der Waals surface area contributed by atoms with Gasteiger partial charge in [0.15, 0.2) is 0 Å². The topological polar surface area (TPSA) is 68.2 Å². The second-order valence-corrected chi connectivity index (χ2v) is 4.53. The molecule has 5 nitrogen and oxygen atoms in total. The normalized spacial score (nSPS) is 13.7. The molecule has 0 saturated heterocycles. The van der Waals surface area contributed by atoms with Crippen LogP contribution in [0.1, 0.15) is 40.0 Å². The predicted molar refractivity (Wildman–Crippen MR) is 74.3 cm³/mol. The van der Waals surface area contributed by atoms with E-state index in [1.54, 1.807) is 0 Å². The molecule has 5 heteroatoms. The van der Waals surface area contributed by atoms with Crippen molar-refractivity contribution in [2.45, 2.75) is 51.7 Å². The Balaban J connectivity index is 3.67. The summed E-state index contributed by atoms with van der Waals surface area (Å²) in [5.41, 5.74) is -0.737. The first-order valence-corrected chi connectivity index (χ1v) is 7.24. The summed E-state index contributed by atoms with van der Waals surface area (Å²) in [7, 11) is 0. The van der Waals surface area contributed by atoms with E-state index in [1.807, 2.05) is 20.8 Å². The second-order valence-electron chi connectivity index (χ2n) is 4.53. The highest BCUT2D eigenvalue weighted by molar-refractivity contribution is 4.84. The van der Waals surface area contributed by atoms with E-state index in [9.17, 15) is 5.11 Å². The Morgan fingerprint density at radius 1 is 0.895 bits per heavy atom. The number of ether oxygens (including phenoxy) is 3. The van der Waals surface area contributed by atoms with Gasteiger partial charge in [-0.25, -0.2) is 0 Å². The lowest BCUT2D eigenvalue weighted by Crippen LogP contribution is -2.43. The van der Waals surface area contributed by atoms with Crippen LogP contribution in [0.25, 0.3) is 0 Å². The van der Waals surface area contributed by atoms with E-state index in [4.69, 9.17) is 19.3 Å². The van der Waals surface area contributed by atoms with E-state index in [0.717, 1.165) is 6.42 Å². The summed E-state index contributed by atoms with van der Waals surface area (Å²) in [6, 6.07) is 0. The van der Waals surface area contributed by atoms with Crippen molar-refractivity contribution in [3.8, 4) is 0 Å². The minimum atomic E-state index is -0.737. The van der Waals surface area contributed by atoms with E-state index in [2.05, 4.69) is 0 Å². The van der Waals surface area contributed by atoms with Crippen LogP contribution in [0.15, 0.2) is 0 Å². The molecular weight excluding hydrogens is 248 g/mol. The molecule has 0 heterocycles. The van der Waals surface area contributed by atoms with Gasteiger partial charge in [-0.1, -0.05) is 20.8 Å². The Hall–Kier alpha value is -0.200. The van der Waals surface area contributed by atoms with Crippen LogP contribution < -0.4 is 0 Å². The third-order valence-corrected chi connectivity index (χ3v) is 3.35. The fraction of sp³-hybridized carbons (Fsp3) is 1.00. The van der Waals surface area contributed by atoms with Crippen LogP contribution in [-0.2, 0) is 14.2 Å². The van der Waals surface area contributed by atoms with Crippen LogP contribution in [0, 0.1) is 0 Å². The quantitative estimate of drug-likeness (QED) is 0.498. The predicted octanol–water partition coefficient (Wildman–Crippen LogP) is 1.36. The third kappa shape index (κ3) is 7.84. The van der Waals surface area contributed by atoms with E-state index in [0.29, 0.717) is 45.9 Å². The highest BCUT2D eigenvalue weighted by atomic mass is 16.6. The largest absolute Gasteiger partial charge is 0.394 e. The Bertz CT molecular complexity index is 194. The first kappa shape index (κ1) is 18.8. The monoisotopic (exact) mass is 278 g/mol. The molecule has 0 spiro atoms. The molecule has 2 N–H and O–H groups in total. The van der Waals surface area contributed by atoms with Gasteiger partial charge in [0.25, 0.3) is 0 Å². The van der Waals surface area contributed by atoms with Gasteiger partial charge in [-0.15, -0.1) is 0 Å². The van der Waals surface area contributed by atoms with Gasteiger partial charge in [-0.2, -0.15) is 0 Å². The van der Waals surface area contributed by atoms with Crippen molar-refractivity contribution in [1.29, 1.82) is 0 Å². The van der Waals surface area contributed by atoms with Crippen molar-refractivity contribution in [2.24, 2.45) is 0 Å². The maximum Gasteiger partial charge on any atom is 0.0902 e. The summed E-state index contributed by atoms with van der Waals surface area (Å²) in [6.45, 7) is 8.28. The fourth-order valence-electron chi connectivity index (χ4n) is 1.99. The zero-order valence-electron chi connectivity index (χ0n) is 12.6. The number of aliphatic hydroxyl groups excluding tert-OH is 1. The average Bonchev–Trinajstić information content (AvgIpc) is 2.45. The van der Waals surface area contributed by atoms with Gasteiger partial charge < -0.3 is 24.4 Å². The maximum absolute atomic E-state index is 10.4. The minimum absolute atomic E-state index is 0.0356. The van der Waals surface area contributed by atoms with Crippen LogP contribution in [-0.4, -0.2) is 61.6 Å².